The second kappa shape index (κ2) is 5.97. The highest BCUT2D eigenvalue weighted by Crippen LogP contribution is 2.70. The average Bonchev–Trinajstić information content (AvgIpc) is 3.12. The van der Waals surface area contributed by atoms with Gasteiger partial charge in [0.25, 0.3) is 0 Å². The third-order valence-corrected chi connectivity index (χ3v) is 10.1. The van der Waals surface area contributed by atoms with Crippen molar-refractivity contribution in [1.29, 1.82) is 0 Å². The predicted octanol–water partition coefficient (Wildman–Crippen LogP) is 5.92. The van der Waals surface area contributed by atoms with E-state index in [0.29, 0.717) is 41.3 Å². The molecule has 0 radical (unpaired) electrons. The van der Waals surface area contributed by atoms with Gasteiger partial charge < -0.3 is 9.47 Å². The Balaban J connectivity index is 1.62. The quantitative estimate of drug-likeness (QED) is 0.473. The van der Waals surface area contributed by atoms with Gasteiger partial charge in [-0.05, 0) is 81.5 Å². The maximum absolute atomic E-state index is 13.0. The van der Waals surface area contributed by atoms with Gasteiger partial charge in [-0.2, -0.15) is 0 Å². The summed E-state index contributed by atoms with van der Waals surface area (Å²) in [5, 5.41) is 0. The molecule has 0 N–H and O–H groups in total. The van der Waals surface area contributed by atoms with E-state index in [9.17, 15) is 4.79 Å². The second-order valence-electron chi connectivity index (χ2n) is 12.5. The fourth-order valence-corrected chi connectivity index (χ4v) is 8.96. The number of fused-ring (bicyclic) bond motifs is 8. The third-order valence-electron chi connectivity index (χ3n) is 10.1. The molecule has 0 aromatic carbocycles. The molecule has 0 aromatic heterocycles. The number of hydrogen-bond acceptors (Lipinski definition) is 3. The van der Waals surface area contributed by atoms with Crippen LogP contribution in [0.15, 0.2) is 11.6 Å². The van der Waals surface area contributed by atoms with Gasteiger partial charge in [-0.1, -0.05) is 39.3 Å². The number of allylic oxidation sites excluding steroid dienone is 2. The van der Waals surface area contributed by atoms with Gasteiger partial charge in [0.2, 0.25) is 0 Å². The van der Waals surface area contributed by atoms with Crippen LogP contribution in [0.2, 0.25) is 0 Å². The Morgan fingerprint density at radius 2 is 1.62 bits per heavy atom. The van der Waals surface area contributed by atoms with E-state index in [1.54, 1.807) is 5.57 Å². The molecule has 4 saturated carbocycles. The Hall–Kier alpha value is -0.670. The van der Waals surface area contributed by atoms with Crippen molar-refractivity contribution >= 4 is 5.78 Å². The molecule has 0 unspecified atom stereocenters. The van der Waals surface area contributed by atoms with E-state index >= 15 is 0 Å². The summed E-state index contributed by atoms with van der Waals surface area (Å²) >= 11 is 0. The maximum Gasteiger partial charge on any atom is 0.163 e. The highest BCUT2D eigenvalue weighted by molar-refractivity contribution is 5.85. The number of carbonyl (C=O) groups excluding carboxylic acids is 1. The van der Waals surface area contributed by atoms with Gasteiger partial charge in [0.05, 0.1) is 12.2 Å². The lowest BCUT2D eigenvalue weighted by molar-refractivity contribution is -0.188. The zero-order valence-corrected chi connectivity index (χ0v) is 19.5. The third kappa shape index (κ3) is 2.59. The summed E-state index contributed by atoms with van der Waals surface area (Å²) in [5.74, 6) is 2.02. The molecule has 5 aliphatic rings. The average molecular weight is 401 g/mol. The number of hydrogen-bond donors (Lipinski definition) is 0. The lowest BCUT2D eigenvalue weighted by atomic mass is 9.41. The number of ether oxygens (including phenoxy) is 2. The monoisotopic (exact) mass is 400 g/mol. The molecule has 5 fully saturated rings. The van der Waals surface area contributed by atoms with Crippen LogP contribution < -0.4 is 0 Å². The molecule has 0 aromatic rings. The summed E-state index contributed by atoms with van der Waals surface area (Å²) in [4.78, 5) is 13.0. The minimum Gasteiger partial charge on any atom is -0.344 e. The van der Waals surface area contributed by atoms with E-state index in [0.717, 1.165) is 6.42 Å². The first-order valence-electron chi connectivity index (χ1n) is 12.0. The van der Waals surface area contributed by atoms with E-state index in [1.807, 2.05) is 0 Å². The molecule has 0 amide bonds. The Kier molecular flexibility index (Phi) is 4.17. The Labute approximate surface area is 177 Å². The molecular weight excluding hydrogens is 360 g/mol. The van der Waals surface area contributed by atoms with Gasteiger partial charge in [-0.15, -0.1) is 0 Å². The standard InChI is InChI=1S/C26H40O3/c1-8-15-9-10-16-20-17(11-12-25(15,16)6)26(7)14-23(2,3)19(27)13-18(26)21-22(20)29-24(4,5)28-21/h8,16-18,20-22H,9-14H2,1-7H3/b15-8+/t16-,17-,18+,20-,21+,22+,25+,26+/m0/s1. The number of rotatable bonds is 0. The van der Waals surface area contributed by atoms with E-state index < -0.39 is 5.79 Å². The van der Waals surface area contributed by atoms with Crippen molar-refractivity contribution in [2.75, 3.05) is 0 Å². The van der Waals surface area contributed by atoms with Crippen molar-refractivity contribution in [3.05, 3.63) is 11.6 Å². The number of Topliss-reactive ketones (excluding diaryl/α,β-unsaturated/α-hetero) is 1. The molecular formula is C26H40O3. The van der Waals surface area contributed by atoms with Crippen molar-refractivity contribution in [1.82, 2.24) is 0 Å². The number of carbonyl (C=O) groups is 1. The molecule has 8 atom stereocenters. The zero-order chi connectivity index (χ0) is 21.0. The van der Waals surface area contributed by atoms with Crippen LogP contribution in [-0.4, -0.2) is 23.8 Å². The molecule has 3 nitrogen and oxygen atoms in total. The van der Waals surface area contributed by atoms with Crippen molar-refractivity contribution < 1.29 is 14.3 Å². The zero-order valence-electron chi connectivity index (χ0n) is 19.5. The topological polar surface area (TPSA) is 35.5 Å². The fourth-order valence-electron chi connectivity index (χ4n) is 8.96. The van der Waals surface area contributed by atoms with Gasteiger partial charge in [-0.25, -0.2) is 0 Å². The molecule has 4 aliphatic carbocycles. The van der Waals surface area contributed by atoms with Crippen molar-refractivity contribution in [2.24, 2.45) is 39.9 Å². The predicted molar refractivity (Wildman–Crippen MR) is 114 cm³/mol. The Bertz CT molecular complexity index is 764. The molecule has 0 spiro atoms. The van der Waals surface area contributed by atoms with Crippen LogP contribution in [0.3, 0.4) is 0 Å². The van der Waals surface area contributed by atoms with E-state index in [-0.39, 0.29) is 23.0 Å². The minimum absolute atomic E-state index is 0.0632. The summed E-state index contributed by atoms with van der Waals surface area (Å²) < 4.78 is 13.3. The van der Waals surface area contributed by atoms with Crippen LogP contribution in [0.5, 0.6) is 0 Å². The normalized spacial score (nSPS) is 53.9. The van der Waals surface area contributed by atoms with Crippen molar-refractivity contribution in [2.45, 2.75) is 105 Å². The molecule has 0 bridgehead atoms. The summed E-state index contributed by atoms with van der Waals surface area (Å²) in [5.41, 5.74) is 1.93. The van der Waals surface area contributed by atoms with Crippen LogP contribution in [-0.2, 0) is 14.3 Å². The van der Waals surface area contributed by atoms with Crippen LogP contribution in [0.4, 0.5) is 0 Å². The van der Waals surface area contributed by atoms with E-state index in [2.05, 4.69) is 54.5 Å². The first-order valence-corrected chi connectivity index (χ1v) is 12.0. The van der Waals surface area contributed by atoms with Gasteiger partial charge in [-0.3, -0.25) is 4.79 Å². The molecule has 1 saturated heterocycles. The second-order valence-corrected chi connectivity index (χ2v) is 12.5. The van der Waals surface area contributed by atoms with Crippen LogP contribution in [0, 0.1) is 39.9 Å². The fraction of sp³-hybridized carbons (Fsp3) is 0.885. The first-order chi connectivity index (χ1) is 13.4. The molecule has 1 heterocycles. The number of ketones is 1. The Morgan fingerprint density at radius 1 is 0.931 bits per heavy atom. The van der Waals surface area contributed by atoms with Gasteiger partial charge in [0.15, 0.2) is 5.79 Å². The first kappa shape index (κ1) is 20.2. The molecule has 5 rings (SSSR count). The molecule has 162 valence electrons. The lowest BCUT2D eigenvalue weighted by Crippen LogP contribution is -2.64. The SMILES string of the molecule is C/C=C1\CC[C@H]2[C@@H]3[C@H]4OC(C)(C)O[C@@H]4[C@H]4CC(=O)C(C)(C)C[C@]4(C)[C@H]3CC[C@]12C. The highest BCUT2D eigenvalue weighted by atomic mass is 16.8. The largest absolute Gasteiger partial charge is 0.344 e. The molecule has 3 heteroatoms. The molecule has 1 aliphatic heterocycles. The smallest absolute Gasteiger partial charge is 0.163 e. The van der Waals surface area contributed by atoms with Gasteiger partial charge in [0, 0.05) is 17.8 Å². The maximum atomic E-state index is 13.0. The summed E-state index contributed by atoms with van der Waals surface area (Å²) in [7, 11) is 0. The minimum atomic E-state index is -0.545. The summed E-state index contributed by atoms with van der Waals surface area (Å²) in [6.45, 7) is 15.7. The van der Waals surface area contributed by atoms with Gasteiger partial charge in [0.1, 0.15) is 5.78 Å². The molecule has 29 heavy (non-hydrogen) atoms. The van der Waals surface area contributed by atoms with Crippen LogP contribution in [0.1, 0.15) is 87.0 Å². The van der Waals surface area contributed by atoms with Crippen LogP contribution >= 0.6 is 0 Å². The highest BCUT2D eigenvalue weighted by Gasteiger charge is 2.69. The lowest BCUT2D eigenvalue weighted by Gasteiger charge is -2.64. The van der Waals surface area contributed by atoms with E-state index in [1.165, 1.54) is 25.7 Å². The summed E-state index contributed by atoms with van der Waals surface area (Å²) in [6, 6.07) is 0. The summed E-state index contributed by atoms with van der Waals surface area (Å²) in [6.07, 6.45) is 9.34. The van der Waals surface area contributed by atoms with Crippen molar-refractivity contribution in [3.8, 4) is 0 Å². The van der Waals surface area contributed by atoms with E-state index in [4.69, 9.17) is 9.47 Å². The van der Waals surface area contributed by atoms with Crippen LogP contribution in [0.25, 0.3) is 0 Å². The Morgan fingerprint density at radius 3 is 2.31 bits per heavy atom. The van der Waals surface area contributed by atoms with Crippen molar-refractivity contribution in [3.63, 3.8) is 0 Å². The van der Waals surface area contributed by atoms with Gasteiger partial charge >= 0.3 is 0 Å².